The molecule has 0 spiro atoms. The second kappa shape index (κ2) is 12.0. The molecule has 9 nitrogen and oxygen atoms in total. The molecule has 0 unspecified atom stereocenters. The molecule has 10 heteroatoms. The molecule has 0 aromatic heterocycles. The monoisotopic (exact) mass is 524 g/mol. The van der Waals surface area contributed by atoms with Gasteiger partial charge in [0, 0.05) is 13.1 Å². The van der Waals surface area contributed by atoms with Crippen LogP contribution in [0.25, 0.3) is 6.08 Å². The number of likely N-dealkylation sites (tertiary alicyclic amines) is 1. The van der Waals surface area contributed by atoms with E-state index in [9.17, 15) is 19.2 Å². The predicted octanol–water partition coefficient (Wildman–Crippen LogP) is 4.41. The maximum Gasteiger partial charge on any atom is 0.335 e. The molecule has 2 aromatic rings. The van der Waals surface area contributed by atoms with Crippen LogP contribution in [0, 0.1) is 0 Å². The van der Waals surface area contributed by atoms with Crippen LogP contribution in [0.3, 0.4) is 0 Å². The summed E-state index contributed by atoms with van der Waals surface area (Å²) in [4.78, 5) is 51.9. The third-order valence-electron chi connectivity index (χ3n) is 6.04. The lowest BCUT2D eigenvalue weighted by molar-refractivity contribution is -0.136. The van der Waals surface area contributed by atoms with Crippen LogP contribution in [0.15, 0.2) is 47.4 Å². The molecule has 0 aliphatic carbocycles. The van der Waals surface area contributed by atoms with Crippen molar-refractivity contribution in [2.24, 2.45) is 0 Å². The Hall–Kier alpha value is -3.79. The van der Waals surface area contributed by atoms with E-state index >= 15 is 0 Å². The highest BCUT2D eigenvalue weighted by molar-refractivity contribution is 8.18. The Balaban J connectivity index is 1.44. The summed E-state index contributed by atoms with van der Waals surface area (Å²) in [7, 11) is 0. The van der Waals surface area contributed by atoms with Crippen LogP contribution in [0.5, 0.6) is 11.5 Å². The molecule has 0 bridgehead atoms. The number of hydrogen-bond donors (Lipinski definition) is 1. The zero-order chi connectivity index (χ0) is 26.4. The normalized spacial score (nSPS) is 16.8. The zero-order valence-corrected chi connectivity index (χ0v) is 21.3. The number of rotatable bonds is 9. The van der Waals surface area contributed by atoms with Crippen molar-refractivity contribution >= 4 is 40.9 Å². The minimum Gasteiger partial charge on any atom is -0.490 e. The fourth-order valence-electron chi connectivity index (χ4n) is 4.07. The highest BCUT2D eigenvalue weighted by Gasteiger charge is 2.37. The Morgan fingerprint density at radius 3 is 2.41 bits per heavy atom. The summed E-state index contributed by atoms with van der Waals surface area (Å²) in [6, 6.07) is 11.6. The van der Waals surface area contributed by atoms with Crippen LogP contribution in [-0.4, -0.2) is 64.2 Å². The second-order valence-corrected chi connectivity index (χ2v) is 9.63. The maximum absolute atomic E-state index is 12.9. The van der Waals surface area contributed by atoms with E-state index in [4.69, 9.17) is 14.6 Å². The number of hydrogen-bond acceptors (Lipinski definition) is 7. The lowest BCUT2D eigenvalue weighted by atomic mass is 10.1. The molecule has 0 saturated carbocycles. The Kier molecular flexibility index (Phi) is 8.50. The van der Waals surface area contributed by atoms with Gasteiger partial charge in [0.2, 0.25) is 5.91 Å². The van der Waals surface area contributed by atoms with Gasteiger partial charge in [-0.1, -0.05) is 18.2 Å². The van der Waals surface area contributed by atoms with Crippen molar-refractivity contribution in [3.8, 4) is 11.5 Å². The average Bonchev–Trinajstić information content (AvgIpc) is 3.16. The van der Waals surface area contributed by atoms with Crippen molar-refractivity contribution in [1.29, 1.82) is 0 Å². The van der Waals surface area contributed by atoms with Crippen LogP contribution < -0.4 is 9.47 Å². The number of imide groups is 1. The van der Waals surface area contributed by atoms with Crippen molar-refractivity contribution in [2.75, 3.05) is 26.2 Å². The van der Waals surface area contributed by atoms with E-state index in [-0.39, 0.29) is 29.5 Å². The second-order valence-electron chi connectivity index (χ2n) is 8.64. The van der Waals surface area contributed by atoms with Gasteiger partial charge in [0.05, 0.1) is 17.1 Å². The number of piperidine rings is 1. The highest BCUT2D eigenvalue weighted by atomic mass is 32.2. The van der Waals surface area contributed by atoms with Gasteiger partial charge in [-0.2, -0.15) is 0 Å². The summed E-state index contributed by atoms with van der Waals surface area (Å²) in [6.07, 6.45) is 4.56. The van der Waals surface area contributed by atoms with Crippen molar-refractivity contribution in [3.63, 3.8) is 0 Å². The fourth-order valence-corrected chi connectivity index (χ4v) is 4.91. The van der Waals surface area contributed by atoms with Crippen molar-refractivity contribution in [1.82, 2.24) is 9.80 Å². The van der Waals surface area contributed by atoms with Gasteiger partial charge in [0.25, 0.3) is 11.1 Å². The summed E-state index contributed by atoms with van der Waals surface area (Å²) in [5.74, 6) is -0.725. The van der Waals surface area contributed by atoms with Crippen LogP contribution in [0.4, 0.5) is 4.79 Å². The lowest BCUT2D eigenvalue weighted by Crippen LogP contribution is -2.44. The van der Waals surface area contributed by atoms with Gasteiger partial charge < -0.3 is 19.5 Å². The first-order valence-electron chi connectivity index (χ1n) is 12.1. The minimum atomic E-state index is -0.992. The number of carbonyl (C=O) groups is 4. The van der Waals surface area contributed by atoms with Gasteiger partial charge in [-0.05, 0) is 79.4 Å². The molecular formula is C27H28N2O7S. The fraction of sp³-hybridized carbons (Fsp3) is 0.333. The lowest BCUT2D eigenvalue weighted by Gasteiger charge is -2.27. The molecule has 1 N–H and O–H groups in total. The van der Waals surface area contributed by atoms with Gasteiger partial charge in [-0.3, -0.25) is 19.3 Å². The highest BCUT2D eigenvalue weighted by Crippen LogP contribution is 2.35. The number of nitrogens with zero attached hydrogens (tertiary/aromatic N) is 2. The number of amides is 3. The quantitative estimate of drug-likeness (QED) is 0.480. The van der Waals surface area contributed by atoms with Gasteiger partial charge in [0.1, 0.15) is 13.2 Å². The first kappa shape index (κ1) is 26.3. The van der Waals surface area contributed by atoms with Crippen molar-refractivity contribution in [3.05, 3.63) is 64.1 Å². The first-order valence-corrected chi connectivity index (χ1v) is 12.9. The Morgan fingerprint density at radius 1 is 1.00 bits per heavy atom. The summed E-state index contributed by atoms with van der Waals surface area (Å²) in [5, 5.41) is 8.57. The largest absolute Gasteiger partial charge is 0.490 e. The average molecular weight is 525 g/mol. The predicted molar refractivity (Wildman–Crippen MR) is 138 cm³/mol. The summed E-state index contributed by atoms with van der Waals surface area (Å²) in [5.41, 5.74) is 1.64. The molecular weight excluding hydrogens is 496 g/mol. The van der Waals surface area contributed by atoms with Gasteiger partial charge in [-0.15, -0.1) is 0 Å². The SMILES string of the molecule is CCOc1cc(/C=C2\SC(=O)N(CC(=O)N3CCCCC3)C2=O)ccc1OCc1ccc(C(=O)O)cc1. The maximum atomic E-state index is 12.9. The van der Waals surface area contributed by atoms with Crippen molar-refractivity contribution in [2.45, 2.75) is 32.8 Å². The number of carboxylic acid groups (broad SMARTS) is 1. The molecule has 0 atom stereocenters. The zero-order valence-electron chi connectivity index (χ0n) is 20.5. The van der Waals surface area contributed by atoms with E-state index in [0.717, 1.165) is 41.5 Å². The molecule has 2 fully saturated rings. The number of carbonyl (C=O) groups excluding carboxylic acids is 3. The molecule has 2 aliphatic rings. The Bertz CT molecular complexity index is 1220. The van der Waals surface area contributed by atoms with E-state index in [1.807, 2.05) is 6.92 Å². The molecule has 0 radical (unpaired) electrons. The van der Waals surface area contributed by atoms with Crippen LogP contribution in [0.2, 0.25) is 0 Å². The summed E-state index contributed by atoms with van der Waals surface area (Å²) < 4.78 is 11.6. The Morgan fingerprint density at radius 2 is 1.73 bits per heavy atom. The standard InChI is InChI=1S/C27H28N2O7S/c1-2-35-22-14-19(8-11-21(22)36-17-18-6-9-20(10-7-18)26(32)33)15-23-25(31)29(27(34)37-23)16-24(30)28-12-4-3-5-13-28/h6-11,14-15H,2-5,12-13,16-17H2,1H3,(H,32,33)/b23-15-. The minimum absolute atomic E-state index is 0.198. The van der Waals surface area contributed by atoms with Crippen LogP contribution >= 0.6 is 11.8 Å². The molecule has 4 rings (SSSR count). The van der Waals surface area contributed by atoms with Crippen molar-refractivity contribution < 1.29 is 33.8 Å². The molecule has 194 valence electrons. The van der Waals surface area contributed by atoms with Crippen LogP contribution in [0.1, 0.15) is 47.7 Å². The van der Waals surface area contributed by atoms with E-state index in [1.165, 1.54) is 12.1 Å². The van der Waals surface area contributed by atoms with E-state index in [2.05, 4.69) is 0 Å². The summed E-state index contributed by atoms with van der Waals surface area (Å²) in [6.45, 7) is 3.52. The number of carboxylic acids is 1. The number of aromatic carboxylic acids is 1. The molecule has 37 heavy (non-hydrogen) atoms. The van der Waals surface area contributed by atoms with Gasteiger partial charge in [0.15, 0.2) is 11.5 Å². The Labute approximate surface area is 219 Å². The third kappa shape index (κ3) is 6.51. The number of ether oxygens (including phenoxy) is 2. The molecule has 2 heterocycles. The smallest absolute Gasteiger partial charge is 0.335 e. The van der Waals surface area contributed by atoms with E-state index in [0.29, 0.717) is 36.8 Å². The topological polar surface area (TPSA) is 113 Å². The van der Waals surface area contributed by atoms with E-state index in [1.54, 1.807) is 41.3 Å². The molecule has 3 amide bonds. The van der Waals surface area contributed by atoms with Gasteiger partial charge in [-0.25, -0.2) is 4.79 Å². The summed E-state index contributed by atoms with van der Waals surface area (Å²) >= 11 is 0.813. The van der Waals surface area contributed by atoms with Crippen LogP contribution in [-0.2, 0) is 16.2 Å². The molecule has 2 aliphatic heterocycles. The van der Waals surface area contributed by atoms with E-state index < -0.39 is 17.1 Å². The number of thioether (sulfide) groups is 1. The van der Waals surface area contributed by atoms with Gasteiger partial charge >= 0.3 is 5.97 Å². The number of benzene rings is 2. The molecule has 2 saturated heterocycles. The first-order chi connectivity index (χ1) is 17.9. The molecule has 2 aromatic carbocycles. The third-order valence-corrected chi connectivity index (χ3v) is 6.94.